The summed E-state index contributed by atoms with van der Waals surface area (Å²) in [6.07, 6.45) is 0. The number of aromatic nitrogens is 1. The molecule has 1 N–H and O–H groups in total. The highest BCUT2D eigenvalue weighted by molar-refractivity contribution is 7.80. The molecular formula is C23H21N3O4S2. The van der Waals surface area contributed by atoms with Crippen molar-refractivity contribution < 1.29 is 19.0 Å². The van der Waals surface area contributed by atoms with Gasteiger partial charge < -0.3 is 18.8 Å². The van der Waals surface area contributed by atoms with E-state index >= 15 is 0 Å². The third kappa shape index (κ3) is 3.92. The fraction of sp³-hybridized carbons (Fsp3) is 0.174. The minimum Gasteiger partial charge on any atom is -0.493 e. The number of methoxy groups -OCH3 is 3. The van der Waals surface area contributed by atoms with Crippen molar-refractivity contribution in [3.8, 4) is 17.2 Å². The molecule has 0 aliphatic heterocycles. The Bertz CT molecular complexity index is 1400. The summed E-state index contributed by atoms with van der Waals surface area (Å²) in [5.41, 5.74) is 1.38. The van der Waals surface area contributed by atoms with Gasteiger partial charge >= 0.3 is 0 Å². The number of fused-ring (bicyclic) bond motifs is 3. The number of rotatable bonds is 4. The maximum Gasteiger partial charge on any atom is 0.257 e. The van der Waals surface area contributed by atoms with Crippen molar-refractivity contribution in [1.29, 1.82) is 0 Å². The predicted octanol–water partition coefficient (Wildman–Crippen LogP) is 4.03. The number of nitrogens with one attached hydrogen (secondary N) is 1. The van der Waals surface area contributed by atoms with E-state index in [4.69, 9.17) is 26.4 Å². The van der Waals surface area contributed by atoms with Gasteiger partial charge in [-0.2, -0.15) is 4.99 Å². The Morgan fingerprint density at radius 1 is 1.03 bits per heavy atom. The van der Waals surface area contributed by atoms with Crippen LogP contribution in [-0.2, 0) is 7.05 Å². The second-order valence-electron chi connectivity index (χ2n) is 6.86. The first-order valence-electron chi connectivity index (χ1n) is 9.64. The summed E-state index contributed by atoms with van der Waals surface area (Å²) in [5.74, 6) is 0.737. The van der Waals surface area contributed by atoms with Crippen molar-refractivity contribution in [2.24, 2.45) is 12.0 Å². The number of hydrogen-bond donors (Lipinski definition) is 1. The number of nitrogens with zero attached hydrogens (tertiary/aromatic N) is 2. The Morgan fingerprint density at radius 2 is 1.72 bits per heavy atom. The Labute approximate surface area is 193 Å². The standard InChI is InChI=1S/C23H21N3O4S2/c1-26-19-15-8-6-5-7-13(15)9-10-18(19)32-23(26)25-22(31)24-21(27)14-11-16(28-2)20(30-4)17(12-14)29-3/h5-12H,1-4H3,(H,24,27,31). The normalized spacial score (nSPS) is 11.6. The molecule has 9 heteroatoms. The van der Waals surface area contributed by atoms with Crippen LogP contribution in [-0.4, -0.2) is 36.9 Å². The van der Waals surface area contributed by atoms with Gasteiger partial charge in [-0.3, -0.25) is 10.1 Å². The van der Waals surface area contributed by atoms with E-state index in [1.165, 1.54) is 32.7 Å². The molecule has 0 bridgehead atoms. The Kier molecular flexibility index (Phi) is 6.11. The first-order valence-corrected chi connectivity index (χ1v) is 10.9. The number of thiocarbonyl (C=S) groups is 1. The van der Waals surface area contributed by atoms with Crippen LogP contribution in [0.3, 0.4) is 0 Å². The molecule has 0 saturated heterocycles. The summed E-state index contributed by atoms with van der Waals surface area (Å²) < 4.78 is 19.0. The molecule has 7 nitrogen and oxygen atoms in total. The third-order valence-corrected chi connectivity index (χ3v) is 6.32. The molecule has 1 heterocycles. The number of ether oxygens (including phenoxy) is 3. The molecule has 164 valence electrons. The number of thiazole rings is 1. The quantitative estimate of drug-likeness (QED) is 0.459. The summed E-state index contributed by atoms with van der Waals surface area (Å²) in [6, 6.07) is 15.5. The van der Waals surface area contributed by atoms with E-state index in [-0.39, 0.29) is 5.11 Å². The van der Waals surface area contributed by atoms with Crippen LogP contribution < -0.4 is 24.3 Å². The fourth-order valence-electron chi connectivity index (χ4n) is 3.52. The topological polar surface area (TPSA) is 74.1 Å². The minimum atomic E-state index is -0.424. The van der Waals surface area contributed by atoms with Crippen molar-refractivity contribution in [2.75, 3.05) is 21.3 Å². The lowest BCUT2D eigenvalue weighted by atomic mass is 10.1. The van der Waals surface area contributed by atoms with E-state index in [1.807, 2.05) is 23.7 Å². The van der Waals surface area contributed by atoms with Crippen LogP contribution >= 0.6 is 23.6 Å². The van der Waals surface area contributed by atoms with E-state index in [2.05, 4.69) is 34.6 Å². The van der Waals surface area contributed by atoms with Crippen molar-refractivity contribution in [1.82, 2.24) is 9.88 Å². The van der Waals surface area contributed by atoms with Crippen molar-refractivity contribution in [2.45, 2.75) is 0 Å². The van der Waals surface area contributed by atoms with Gasteiger partial charge in [0.2, 0.25) is 10.9 Å². The Hall–Kier alpha value is -3.43. The van der Waals surface area contributed by atoms with E-state index in [9.17, 15) is 4.79 Å². The maximum atomic E-state index is 12.8. The molecule has 0 saturated carbocycles. The number of benzene rings is 3. The summed E-state index contributed by atoms with van der Waals surface area (Å²) in [6.45, 7) is 0. The molecule has 4 aromatic rings. The van der Waals surface area contributed by atoms with Crippen LogP contribution in [0.2, 0.25) is 0 Å². The van der Waals surface area contributed by atoms with Gasteiger partial charge in [0.05, 0.1) is 31.5 Å². The molecule has 1 amide bonds. The summed E-state index contributed by atoms with van der Waals surface area (Å²) in [5, 5.41) is 5.01. The van der Waals surface area contributed by atoms with E-state index in [0.717, 1.165) is 21.0 Å². The minimum absolute atomic E-state index is 0.0650. The average Bonchev–Trinajstić information content (AvgIpc) is 3.13. The zero-order valence-electron chi connectivity index (χ0n) is 18.0. The van der Waals surface area contributed by atoms with Crippen LogP contribution in [0.25, 0.3) is 21.0 Å². The molecule has 32 heavy (non-hydrogen) atoms. The fourth-order valence-corrected chi connectivity index (χ4v) is 4.80. The lowest BCUT2D eigenvalue weighted by molar-refractivity contribution is 0.0976. The SMILES string of the molecule is COc1cc(C(=O)NC(=S)N=c2sc3ccc4ccccc4c3n2C)cc(OC)c1OC. The molecule has 0 aliphatic rings. The maximum absolute atomic E-state index is 12.8. The highest BCUT2D eigenvalue weighted by Gasteiger charge is 2.18. The molecule has 3 aromatic carbocycles. The van der Waals surface area contributed by atoms with Crippen LogP contribution in [0, 0.1) is 0 Å². The van der Waals surface area contributed by atoms with Crippen molar-refractivity contribution >= 4 is 55.6 Å². The van der Waals surface area contributed by atoms with Crippen LogP contribution in [0.5, 0.6) is 17.2 Å². The van der Waals surface area contributed by atoms with Gasteiger partial charge in [0.1, 0.15) is 0 Å². The van der Waals surface area contributed by atoms with Crippen molar-refractivity contribution in [3.05, 3.63) is 58.9 Å². The monoisotopic (exact) mass is 467 g/mol. The second kappa shape index (κ2) is 8.97. The number of aryl methyl sites for hydroxylation is 1. The van der Waals surface area contributed by atoms with Gasteiger partial charge in [-0.15, -0.1) is 0 Å². The number of carbonyl (C=O) groups excluding carboxylic acids is 1. The molecular weight excluding hydrogens is 446 g/mol. The molecule has 0 spiro atoms. The molecule has 0 unspecified atom stereocenters. The van der Waals surface area contributed by atoms with Gasteiger partial charge in [0.15, 0.2) is 16.3 Å². The molecule has 0 atom stereocenters. The van der Waals surface area contributed by atoms with Gasteiger partial charge in [-0.05, 0) is 35.8 Å². The first kappa shape index (κ1) is 21.8. The van der Waals surface area contributed by atoms with Gasteiger partial charge in [-0.1, -0.05) is 41.7 Å². The van der Waals surface area contributed by atoms with Gasteiger partial charge in [-0.25, -0.2) is 0 Å². The zero-order valence-corrected chi connectivity index (χ0v) is 19.6. The molecule has 4 rings (SSSR count). The highest BCUT2D eigenvalue weighted by Crippen LogP contribution is 2.38. The van der Waals surface area contributed by atoms with E-state index < -0.39 is 5.91 Å². The summed E-state index contributed by atoms with van der Waals surface area (Å²) >= 11 is 6.86. The number of hydrogen-bond acceptors (Lipinski definition) is 6. The van der Waals surface area contributed by atoms with E-state index in [1.54, 1.807) is 12.1 Å². The van der Waals surface area contributed by atoms with Crippen LogP contribution in [0.1, 0.15) is 10.4 Å². The lowest BCUT2D eigenvalue weighted by Crippen LogP contribution is -2.29. The summed E-state index contributed by atoms with van der Waals surface area (Å²) in [4.78, 5) is 18.0. The lowest BCUT2D eigenvalue weighted by Gasteiger charge is -2.13. The third-order valence-electron chi connectivity index (χ3n) is 5.03. The Morgan fingerprint density at radius 3 is 2.38 bits per heavy atom. The smallest absolute Gasteiger partial charge is 0.257 e. The number of carbonyl (C=O) groups is 1. The van der Waals surface area contributed by atoms with E-state index in [0.29, 0.717) is 27.6 Å². The van der Waals surface area contributed by atoms with Crippen molar-refractivity contribution in [3.63, 3.8) is 0 Å². The summed E-state index contributed by atoms with van der Waals surface area (Å²) in [7, 11) is 6.42. The zero-order chi connectivity index (χ0) is 22.8. The molecule has 0 radical (unpaired) electrons. The largest absolute Gasteiger partial charge is 0.493 e. The first-order chi connectivity index (χ1) is 15.5. The Balaban J connectivity index is 1.66. The predicted molar refractivity (Wildman–Crippen MR) is 130 cm³/mol. The van der Waals surface area contributed by atoms with Gasteiger partial charge in [0, 0.05) is 18.0 Å². The second-order valence-corrected chi connectivity index (χ2v) is 8.26. The molecule has 0 aliphatic carbocycles. The van der Waals surface area contributed by atoms with Crippen LogP contribution in [0.4, 0.5) is 0 Å². The molecule has 0 fully saturated rings. The molecule has 1 aromatic heterocycles. The van der Waals surface area contributed by atoms with Gasteiger partial charge in [0.25, 0.3) is 5.91 Å². The highest BCUT2D eigenvalue weighted by atomic mass is 32.1. The average molecular weight is 468 g/mol. The van der Waals surface area contributed by atoms with Crippen LogP contribution in [0.15, 0.2) is 53.5 Å². The number of amides is 1.